The maximum atomic E-state index is 13.2. The largest absolute Gasteiger partial charge is 0.458 e. The fraction of sp³-hybridized carbons (Fsp3) is 0.348. The molecular formula is C23H22FNO5. The van der Waals surface area contributed by atoms with Gasteiger partial charge in [0, 0.05) is 19.8 Å². The van der Waals surface area contributed by atoms with Crippen molar-refractivity contribution in [2.75, 3.05) is 0 Å². The average Bonchev–Trinajstić information content (AvgIpc) is 3.21. The van der Waals surface area contributed by atoms with Gasteiger partial charge in [0.2, 0.25) is 5.91 Å². The predicted molar refractivity (Wildman–Crippen MR) is 105 cm³/mol. The lowest BCUT2D eigenvalue weighted by atomic mass is 10.0. The zero-order valence-corrected chi connectivity index (χ0v) is 16.5. The van der Waals surface area contributed by atoms with Gasteiger partial charge in [0.05, 0.1) is 0 Å². The molecule has 156 valence electrons. The molecule has 0 spiro atoms. The molecule has 1 fully saturated rings. The number of fused-ring (bicyclic) bond motifs is 3. The summed E-state index contributed by atoms with van der Waals surface area (Å²) in [6.45, 7) is 1.31. The third-order valence-corrected chi connectivity index (χ3v) is 5.55. The molecule has 4 rings (SSSR count). The summed E-state index contributed by atoms with van der Waals surface area (Å²) in [7, 11) is 0. The standard InChI is InChI=1S/C23H22FNO5/c1-14(26)29-19(15-9-11-17(24)12-10-15)7-4-8-21(27)25-22-18-6-3-2-5-16(18)13-20(22)30-23(25)28/h2-3,5-6,9-12,19-20,22H,4,7-8,13H2,1H3/t19-,20+,22-/m0/s1. The molecule has 2 aromatic carbocycles. The van der Waals surface area contributed by atoms with Gasteiger partial charge >= 0.3 is 12.1 Å². The van der Waals surface area contributed by atoms with Gasteiger partial charge in [-0.3, -0.25) is 9.59 Å². The van der Waals surface area contributed by atoms with Gasteiger partial charge in [0.15, 0.2) is 0 Å². The van der Waals surface area contributed by atoms with Crippen molar-refractivity contribution in [3.63, 3.8) is 0 Å². The topological polar surface area (TPSA) is 72.9 Å². The number of esters is 1. The minimum absolute atomic E-state index is 0.111. The highest BCUT2D eigenvalue weighted by molar-refractivity contribution is 5.94. The summed E-state index contributed by atoms with van der Waals surface area (Å²) >= 11 is 0. The molecule has 0 unspecified atom stereocenters. The van der Waals surface area contributed by atoms with E-state index in [4.69, 9.17) is 9.47 Å². The molecule has 0 bridgehead atoms. The fourth-order valence-corrected chi connectivity index (χ4v) is 4.24. The molecule has 2 aliphatic rings. The highest BCUT2D eigenvalue weighted by Gasteiger charge is 2.49. The van der Waals surface area contributed by atoms with Crippen LogP contribution in [0.3, 0.4) is 0 Å². The van der Waals surface area contributed by atoms with Crippen LogP contribution in [0.2, 0.25) is 0 Å². The molecule has 3 atom stereocenters. The van der Waals surface area contributed by atoms with Gasteiger partial charge in [-0.2, -0.15) is 0 Å². The second kappa shape index (κ2) is 8.26. The highest BCUT2D eigenvalue weighted by atomic mass is 19.1. The van der Waals surface area contributed by atoms with E-state index in [1.165, 1.54) is 24.0 Å². The van der Waals surface area contributed by atoms with E-state index in [1.807, 2.05) is 24.3 Å². The molecule has 0 aromatic heterocycles. The number of benzene rings is 2. The molecule has 0 saturated carbocycles. The average molecular weight is 411 g/mol. The number of carbonyl (C=O) groups is 3. The first-order chi connectivity index (χ1) is 14.4. The van der Waals surface area contributed by atoms with Crippen molar-refractivity contribution in [2.45, 2.75) is 50.9 Å². The van der Waals surface area contributed by atoms with Gasteiger partial charge in [-0.1, -0.05) is 36.4 Å². The number of hydrogen-bond acceptors (Lipinski definition) is 5. The van der Waals surface area contributed by atoms with E-state index in [-0.39, 0.29) is 30.3 Å². The van der Waals surface area contributed by atoms with E-state index in [0.29, 0.717) is 24.8 Å². The summed E-state index contributed by atoms with van der Waals surface area (Å²) in [6.07, 6.45) is -0.0380. The SMILES string of the molecule is CC(=O)O[C@@H](CCCC(=O)N1C(=O)O[C@@H]2Cc3ccccc3[C@@H]21)c1ccc(F)cc1. The van der Waals surface area contributed by atoms with E-state index < -0.39 is 18.2 Å². The Morgan fingerprint density at radius 2 is 1.93 bits per heavy atom. The summed E-state index contributed by atoms with van der Waals surface area (Å²) in [5, 5.41) is 0. The normalized spacial score (nSPS) is 20.3. The van der Waals surface area contributed by atoms with Crippen LogP contribution in [0.25, 0.3) is 0 Å². The molecule has 1 saturated heterocycles. The molecule has 0 N–H and O–H groups in total. The predicted octanol–water partition coefficient (Wildman–Crippen LogP) is 4.25. The summed E-state index contributed by atoms with van der Waals surface area (Å²) in [5.41, 5.74) is 2.69. The van der Waals surface area contributed by atoms with E-state index >= 15 is 0 Å². The number of imide groups is 1. The number of amides is 2. The second-order valence-corrected chi connectivity index (χ2v) is 7.58. The van der Waals surface area contributed by atoms with Crippen LogP contribution in [-0.4, -0.2) is 29.0 Å². The van der Waals surface area contributed by atoms with Crippen molar-refractivity contribution >= 4 is 18.0 Å². The van der Waals surface area contributed by atoms with Gasteiger partial charge in [0.1, 0.15) is 24.1 Å². The molecule has 2 aromatic rings. The van der Waals surface area contributed by atoms with Crippen LogP contribution in [0.5, 0.6) is 0 Å². The number of ether oxygens (including phenoxy) is 2. The van der Waals surface area contributed by atoms with Crippen molar-refractivity contribution in [3.05, 3.63) is 71.0 Å². The molecule has 1 heterocycles. The Morgan fingerprint density at radius 1 is 1.20 bits per heavy atom. The van der Waals surface area contributed by atoms with Crippen LogP contribution in [0, 0.1) is 5.82 Å². The van der Waals surface area contributed by atoms with E-state index in [1.54, 1.807) is 12.1 Å². The number of hydrogen-bond donors (Lipinski definition) is 0. The van der Waals surface area contributed by atoms with Crippen LogP contribution in [0.4, 0.5) is 9.18 Å². The molecule has 2 amide bonds. The number of halogens is 1. The minimum Gasteiger partial charge on any atom is -0.458 e. The van der Waals surface area contributed by atoms with Gasteiger partial charge < -0.3 is 9.47 Å². The van der Waals surface area contributed by atoms with Crippen molar-refractivity contribution < 1.29 is 28.2 Å². The fourth-order valence-electron chi connectivity index (χ4n) is 4.24. The molecule has 1 aliphatic heterocycles. The zero-order valence-electron chi connectivity index (χ0n) is 16.5. The smallest absolute Gasteiger partial charge is 0.417 e. The number of carbonyl (C=O) groups excluding carboxylic acids is 3. The Labute approximate surface area is 173 Å². The summed E-state index contributed by atoms with van der Waals surface area (Å²) < 4.78 is 24.0. The monoisotopic (exact) mass is 411 g/mol. The molecule has 6 nitrogen and oxygen atoms in total. The van der Waals surface area contributed by atoms with Crippen molar-refractivity contribution in [2.24, 2.45) is 0 Å². The van der Waals surface area contributed by atoms with Gasteiger partial charge in [-0.05, 0) is 41.7 Å². The molecule has 0 radical (unpaired) electrons. The summed E-state index contributed by atoms with van der Waals surface area (Å²) in [4.78, 5) is 37.8. The van der Waals surface area contributed by atoms with Gasteiger partial charge in [-0.15, -0.1) is 0 Å². The van der Waals surface area contributed by atoms with Crippen molar-refractivity contribution in [1.82, 2.24) is 4.90 Å². The number of nitrogens with zero attached hydrogens (tertiary/aromatic N) is 1. The second-order valence-electron chi connectivity index (χ2n) is 7.58. The first-order valence-corrected chi connectivity index (χ1v) is 9.97. The first kappa shape index (κ1) is 20.1. The molecule has 7 heteroatoms. The summed E-state index contributed by atoms with van der Waals surface area (Å²) in [5.74, 6) is -1.15. The quantitative estimate of drug-likeness (QED) is 0.665. The van der Waals surface area contributed by atoms with Crippen LogP contribution < -0.4 is 0 Å². The third kappa shape index (κ3) is 3.92. The highest BCUT2D eigenvalue weighted by Crippen LogP contribution is 2.43. The first-order valence-electron chi connectivity index (χ1n) is 9.97. The van der Waals surface area contributed by atoms with Crippen LogP contribution in [0.1, 0.15) is 55.0 Å². The van der Waals surface area contributed by atoms with E-state index in [0.717, 1.165) is 11.1 Å². The van der Waals surface area contributed by atoms with Crippen molar-refractivity contribution in [3.8, 4) is 0 Å². The van der Waals surface area contributed by atoms with Gasteiger partial charge in [0.25, 0.3) is 0 Å². The van der Waals surface area contributed by atoms with Crippen LogP contribution >= 0.6 is 0 Å². The zero-order chi connectivity index (χ0) is 21.3. The lowest BCUT2D eigenvalue weighted by Crippen LogP contribution is -2.34. The van der Waals surface area contributed by atoms with Gasteiger partial charge in [-0.25, -0.2) is 14.1 Å². The van der Waals surface area contributed by atoms with E-state index in [9.17, 15) is 18.8 Å². The molecule has 30 heavy (non-hydrogen) atoms. The van der Waals surface area contributed by atoms with E-state index in [2.05, 4.69) is 0 Å². The Morgan fingerprint density at radius 3 is 2.67 bits per heavy atom. The Hall–Kier alpha value is -3.22. The lowest BCUT2D eigenvalue weighted by molar-refractivity contribution is -0.147. The summed E-state index contributed by atoms with van der Waals surface area (Å²) in [6, 6.07) is 13.1. The Bertz CT molecular complexity index is 974. The Balaban J connectivity index is 1.41. The number of rotatable bonds is 6. The molecular weight excluding hydrogens is 389 g/mol. The third-order valence-electron chi connectivity index (χ3n) is 5.55. The van der Waals surface area contributed by atoms with Crippen molar-refractivity contribution in [1.29, 1.82) is 0 Å². The lowest BCUT2D eigenvalue weighted by Gasteiger charge is -2.21. The van der Waals surface area contributed by atoms with Crippen LogP contribution in [-0.2, 0) is 25.5 Å². The maximum absolute atomic E-state index is 13.2. The van der Waals surface area contributed by atoms with Crippen LogP contribution in [0.15, 0.2) is 48.5 Å². The molecule has 1 aliphatic carbocycles. The Kier molecular flexibility index (Phi) is 5.53. The maximum Gasteiger partial charge on any atom is 0.417 e. The minimum atomic E-state index is -0.612.